The minimum atomic E-state index is 0.105. The van der Waals surface area contributed by atoms with Crippen molar-refractivity contribution in [3.05, 3.63) is 65.7 Å². The van der Waals surface area contributed by atoms with Crippen LogP contribution in [0.15, 0.2) is 54.6 Å². The van der Waals surface area contributed by atoms with E-state index in [0.717, 1.165) is 5.75 Å². The van der Waals surface area contributed by atoms with Crippen molar-refractivity contribution >= 4 is 0 Å². The fraction of sp³-hybridized carbons (Fsp3) is 0.316. The zero-order chi connectivity index (χ0) is 15.3. The quantitative estimate of drug-likeness (QED) is 0.807. The van der Waals surface area contributed by atoms with Gasteiger partial charge in [-0.05, 0) is 29.2 Å². The van der Waals surface area contributed by atoms with Gasteiger partial charge in [0.05, 0.1) is 18.2 Å². The Bertz CT molecular complexity index is 620. The van der Waals surface area contributed by atoms with Gasteiger partial charge in [-0.25, -0.2) is 0 Å². The van der Waals surface area contributed by atoms with Gasteiger partial charge in [-0.2, -0.15) is 5.26 Å². The number of ether oxygens (including phenoxy) is 1. The summed E-state index contributed by atoms with van der Waals surface area (Å²) >= 11 is 0. The van der Waals surface area contributed by atoms with Gasteiger partial charge in [-0.15, -0.1) is 0 Å². The van der Waals surface area contributed by atoms with Crippen molar-refractivity contribution < 1.29 is 4.74 Å². The Morgan fingerprint density at radius 2 is 1.76 bits per heavy atom. The lowest BCUT2D eigenvalue weighted by Crippen LogP contribution is -2.24. The van der Waals surface area contributed by atoms with E-state index in [0.29, 0.717) is 18.1 Å². The third kappa shape index (κ3) is 4.10. The molecule has 0 bridgehead atoms. The van der Waals surface area contributed by atoms with Crippen LogP contribution >= 0.6 is 0 Å². The van der Waals surface area contributed by atoms with Gasteiger partial charge in [-0.1, -0.05) is 57.2 Å². The molecule has 21 heavy (non-hydrogen) atoms. The Hall–Kier alpha value is -2.27. The molecule has 0 saturated carbocycles. The van der Waals surface area contributed by atoms with Gasteiger partial charge in [0.25, 0.3) is 0 Å². The lowest BCUT2D eigenvalue weighted by atomic mass is 9.77. The lowest BCUT2D eigenvalue weighted by Gasteiger charge is -2.31. The Morgan fingerprint density at radius 3 is 2.38 bits per heavy atom. The van der Waals surface area contributed by atoms with E-state index in [1.54, 1.807) is 12.1 Å². The molecule has 0 saturated heterocycles. The Morgan fingerprint density at radius 1 is 1.05 bits per heavy atom. The first-order chi connectivity index (χ1) is 10.0. The maximum absolute atomic E-state index is 8.94. The van der Waals surface area contributed by atoms with E-state index in [-0.39, 0.29) is 5.41 Å². The molecule has 0 aromatic heterocycles. The number of benzene rings is 2. The van der Waals surface area contributed by atoms with Crippen LogP contribution in [0.4, 0.5) is 0 Å². The molecular weight excluding hydrogens is 258 g/mol. The second-order valence-electron chi connectivity index (χ2n) is 6.28. The van der Waals surface area contributed by atoms with Crippen LogP contribution in [0.3, 0.4) is 0 Å². The Kier molecular flexibility index (Phi) is 4.65. The predicted molar refractivity (Wildman–Crippen MR) is 85.3 cm³/mol. The molecule has 2 aromatic carbocycles. The molecule has 2 nitrogen and oxygen atoms in total. The van der Waals surface area contributed by atoms with E-state index >= 15 is 0 Å². The van der Waals surface area contributed by atoms with Crippen molar-refractivity contribution in [1.29, 1.82) is 5.26 Å². The molecule has 0 radical (unpaired) electrons. The highest BCUT2D eigenvalue weighted by molar-refractivity contribution is 5.36. The summed E-state index contributed by atoms with van der Waals surface area (Å²) in [5, 5.41) is 8.94. The third-order valence-corrected chi connectivity index (χ3v) is 3.63. The van der Waals surface area contributed by atoms with Crippen molar-refractivity contribution in [3.63, 3.8) is 0 Å². The molecule has 108 valence electrons. The van der Waals surface area contributed by atoms with Gasteiger partial charge < -0.3 is 4.74 Å². The van der Waals surface area contributed by atoms with Gasteiger partial charge in [0.1, 0.15) is 5.75 Å². The van der Waals surface area contributed by atoms with Crippen molar-refractivity contribution in [3.8, 4) is 11.8 Å². The molecule has 1 unspecified atom stereocenters. The van der Waals surface area contributed by atoms with Crippen LogP contribution in [-0.4, -0.2) is 6.61 Å². The number of nitrogens with zero attached hydrogens (tertiary/aromatic N) is 1. The zero-order valence-corrected chi connectivity index (χ0v) is 12.8. The molecular formula is C19H21NO. The molecule has 1 atom stereocenters. The van der Waals surface area contributed by atoms with Crippen molar-refractivity contribution in [2.24, 2.45) is 5.41 Å². The molecule has 2 heteroatoms. The number of rotatable bonds is 4. The molecule has 0 amide bonds. The van der Waals surface area contributed by atoms with Gasteiger partial charge in [0, 0.05) is 5.92 Å². The highest BCUT2D eigenvalue weighted by Crippen LogP contribution is 2.35. The molecule has 2 aromatic rings. The van der Waals surface area contributed by atoms with Crippen molar-refractivity contribution in [1.82, 2.24) is 0 Å². The average Bonchev–Trinajstić information content (AvgIpc) is 2.47. The first kappa shape index (κ1) is 15.1. The first-order valence-electron chi connectivity index (χ1n) is 7.18. The summed E-state index contributed by atoms with van der Waals surface area (Å²) in [6.45, 7) is 7.27. The monoisotopic (exact) mass is 279 g/mol. The van der Waals surface area contributed by atoms with E-state index in [4.69, 9.17) is 10.00 Å². The number of hydrogen-bond donors (Lipinski definition) is 0. The second-order valence-corrected chi connectivity index (χ2v) is 6.28. The Labute approximate surface area is 127 Å². The van der Waals surface area contributed by atoms with Crippen molar-refractivity contribution in [2.75, 3.05) is 6.61 Å². The SMILES string of the molecule is CC(C)(C)C(COc1cccc(C#N)c1)c1ccccc1. The van der Waals surface area contributed by atoms with E-state index in [9.17, 15) is 0 Å². The molecule has 0 heterocycles. The first-order valence-corrected chi connectivity index (χ1v) is 7.18. The number of hydrogen-bond acceptors (Lipinski definition) is 2. The molecule has 0 aliphatic rings. The normalized spacial score (nSPS) is 12.5. The Balaban J connectivity index is 2.15. The summed E-state index contributed by atoms with van der Waals surface area (Å²) in [5.74, 6) is 1.05. The minimum absolute atomic E-state index is 0.105. The maximum atomic E-state index is 8.94. The summed E-state index contributed by atoms with van der Waals surface area (Å²) < 4.78 is 5.94. The number of nitriles is 1. The lowest BCUT2D eigenvalue weighted by molar-refractivity contribution is 0.203. The topological polar surface area (TPSA) is 33.0 Å². The van der Waals surface area contributed by atoms with Gasteiger partial charge in [0.15, 0.2) is 0 Å². The van der Waals surface area contributed by atoms with Gasteiger partial charge in [0.2, 0.25) is 0 Å². The van der Waals surface area contributed by atoms with Crippen LogP contribution in [0.25, 0.3) is 0 Å². The van der Waals surface area contributed by atoms with E-state index in [1.165, 1.54) is 5.56 Å². The summed E-state index contributed by atoms with van der Waals surface area (Å²) in [7, 11) is 0. The zero-order valence-electron chi connectivity index (χ0n) is 12.8. The van der Waals surface area contributed by atoms with E-state index in [1.807, 2.05) is 18.2 Å². The predicted octanol–water partition coefficient (Wildman–Crippen LogP) is 4.77. The molecule has 0 N–H and O–H groups in total. The average molecular weight is 279 g/mol. The van der Waals surface area contributed by atoms with E-state index < -0.39 is 0 Å². The van der Waals surface area contributed by atoms with Crippen LogP contribution in [0.5, 0.6) is 5.75 Å². The van der Waals surface area contributed by atoms with Crippen LogP contribution in [-0.2, 0) is 0 Å². The second kappa shape index (κ2) is 6.45. The van der Waals surface area contributed by atoms with Crippen LogP contribution in [0, 0.1) is 16.7 Å². The molecule has 0 spiro atoms. The fourth-order valence-electron chi connectivity index (χ4n) is 2.37. The smallest absolute Gasteiger partial charge is 0.120 e. The van der Waals surface area contributed by atoms with Gasteiger partial charge >= 0.3 is 0 Å². The summed E-state index contributed by atoms with van der Waals surface area (Å²) in [5.41, 5.74) is 2.01. The third-order valence-electron chi connectivity index (χ3n) is 3.63. The van der Waals surface area contributed by atoms with Gasteiger partial charge in [-0.3, -0.25) is 0 Å². The molecule has 0 aliphatic carbocycles. The van der Waals surface area contributed by atoms with Crippen molar-refractivity contribution in [2.45, 2.75) is 26.7 Å². The summed E-state index contributed by atoms with van der Waals surface area (Å²) in [6.07, 6.45) is 0. The molecule has 0 fully saturated rings. The van der Waals surface area contributed by atoms with Crippen LogP contribution in [0.1, 0.15) is 37.8 Å². The fourth-order valence-corrected chi connectivity index (χ4v) is 2.37. The highest BCUT2D eigenvalue weighted by atomic mass is 16.5. The maximum Gasteiger partial charge on any atom is 0.120 e. The van der Waals surface area contributed by atoms with E-state index in [2.05, 4.69) is 51.1 Å². The summed E-state index contributed by atoms with van der Waals surface area (Å²) in [4.78, 5) is 0. The van der Waals surface area contributed by atoms with Crippen LogP contribution in [0.2, 0.25) is 0 Å². The highest BCUT2D eigenvalue weighted by Gasteiger charge is 2.26. The minimum Gasteiger partial charge on any atom is -0.493 e. The summed E-state index contributed by atoms with van der Waals surface area (Å²) in [6, 6.07) is 19.9. The van der Waals surface area contributed by atoms with Crippen LogP contribution < -0.4 is 4.74 Å². The largest absolute Gasteiger partial charge is 0.493 e. The standard InChI is InChI=1S/C19H21NO/c1-19(2,3)18(16-9-5-4-6-10-16)14-21-17-11-7-8-15(12-17)13-20/h4-12,18H,14H2,1-3H3. The molecule has 0 aliphatic heterocycles. The molecule has 2 rings (SSSR count).